The molecule has 0 atom stereocenters. The molecule has 0 radical (unpaired) electrons. The molecule has 1 aliphatic heterocycles. The van der Waals surface area contributed by atoms with Crippen molar-refractivity contribution in [2.75, 3.05) is 0 Å². The lowest BCUT2D eigenvalue weighted by Gasteiger charge is -2.21. The molecule has 1 aromatic rings. The molecule has 14 heavy (non-hydrogen) atoms. The Kier molecular flexibility index (Phi) is 2.48. The molecule has 1 heterocycles. The van der Waals surface area contributed by atoms with Crippen molar-refractivity contribution in [3.05, 3.63) is 35.9 Å². The summed E-state index contributed by atoms with van der Waals surface area (Å²) < 4.78 is 0.466. The van der Waals surface area contributed by atoms with E-state index >= 15 is 0 Å². The van der Waals surface area contributed by atoms with E-state index in [1.165, 1.54) is 0 Å². The molecule has 0 spiro atoms. The van der Waals surface area contributed by atoms with Crippen LogP contribution in [0.1, 0.15) is 5.56 Å². The maximum absolute atomic E-state index is 5.09. The number of rotatable bonds is 2. The van der Waals surface area contributed by atoms with E-state index < -0.39 is 5.66 Å². The van der Waals surface area contributed by atoms with Crippen LogP contribution in [0.5, 0.6) is 0 Å². The van der Waals surface area contributed by atoms with Gasteiger partial charge < -0.3 is 0 Å². The van der Waals surface area contributed by atoms with Gasteiger partial charge in [0.15, 0.2) is 0 Å². The number of benzene rings is 1. The highest BCUT2D eigenvalue weighted by Gasteiger charge is 2.34. The Morgan fingerprint density at radius 2 is 1.71 bits per heavy atom. The second-order valence-corrected chi connectivity index (χ2v) is 4.06. The van der Waals surface area contributed by atoms with Gasteiger partial charge in [0.05, 0.1) is 4.20 Å². The predicted molar refractivity (Wildman–Crippen MR) is 66.7 cm³/mol. The molecule has 0 saturated carbocycles. The van der Waals surface area contributed by atoms with E-state index in [1.807, 2.05) is 30.3 Å². The van der Waals surface area contributed by atoms with Crippen molar-refractivity contribution in [1.29, 1.82) is 0 Å². The molecule has 0 fully saturated rings. The average molecular weight is 220 g/mol. The fraction of sp³-hybridized carbons (Fsp3) is 0.100. The largest absolute Gasteiger partial charge is 0.251 e. The molecule has 70 valence electrons. The summed E-state index contributed by atoms with van der Waals surface area (Å²) in [5.41, 5.74) is 0.171. The highest BCUT2D eigenvalue weighted by molar-refractivity contribution is 8.11. The van der Waals surface area contributed by atoms with Gasteiger partial charge in [-0.05, 0) is 0 Å². The van der Waals surface area contributed by atoms with Gasteiger partial charge in [-0.15, -0.1) is 12.6 Å². The maximum Gasteiger partial charge on any atom is 0.216 e. The minimum Gasteiger partial charge on any atom is -0.251 e. The van der Waals surface area contributed by atoms with Crippen LogP contribution in [0, 0.1) is 0 Å². The molecule has 1 aliphatic rings. The van der Waals surface area contributed by atoms with Gasteiger partial charge >= 0.3 is 0 Å². The molecule has 0 bridgehead atoms. The van der Waals surface area contributed by atoms with Crippen molar-refractivity contribution in [1.82, 2.24) is 0 Å². The summed E-state index contributed by atoms with van der Waals surface area (Å²) in [6.07, 6.45) is 3.30. The molecular weight excluding hydrogens is 212 g/mol. The van der Waals surface area contributed by atoms with E-state index in [4.69, 9.17) is 12.2 Å². The Hall–Kier alpha value is -1.00. The molecule has 0 unspecified atom stereocenters. The van der Waals surface area contributed by atoms with Gasteiger partial charge in [-0.3, -0.25) is 9.98 Å². The Morgan fingerprint density at radius 1 is 1.14 bits per heavy atom. The standard InChI is InChI=1S/C10H8N2S2/c13-9(14)10(11-6-7-12-10)8-4-2-1-3-5-8/h1-7H,(H,13,14). The minimum atomic E-state index is -0.778. The molecule has 0 aromatic heterocycles. The van der Waals surface area contributed by atoms with Crippen molar-refractivity contribution in [3.8, 4) is 0 Å². The van der Waals surface area contributed by atoms with Crippen LogP contribution in [0.25, 0.3) is 0 Å². The van der Waals surface area contributed by atoms with E-state index in [2.05, 4.69) is 22.6 Å². The van der Waals surface area contributed by atoms with Gasteiger partial charge in [-0.25, -0.2) is 0 Å². The van der Waals surface area contributed by atoms with Gasteiger partial charge in [0.2, 0.25) is 5.66 Å². The second-order valence-electron chi connectivity index (χ2n) is 2.90. The van der Waals surface area contributed by atoms with Crippen molar-refractivity contribution in [2.24, 2.45) is 9.98 Å². The Balaban J connectivity index is 2.54. The van der Waals surface area contributed by atoms with Crippen LogP contribution in [-0.2, 0) is 5.66 Å². The van der Waals surface area contributed by atoms with Gasteiger partial charge in [-0.1, -0.05) is 42.5 Å². The van der Waals surface area contributed by atoms with Gasteiger partial charge in [-0.2, -0.15) is 0 Å². The number of hydrogen-bond acceptors (Lipinski definition) is 3. The third-order valence-corrected chi connectivity index (χ3v) is 2.66. The first kappa shape index (κ1) is 9.55. The van der Waals surface area contributed by atoms with E-state index in [0.29, 0.717) is 4.20 Å². The number of thiocarbonyl (C=S) groups is 1. The second kappa shape index (κ2) is 3.63. The molecule has 0 aliphatic carbocycles. The number of hydrogen-bond donors (Lipinski definition) is 1. The summed E-state index contributed by atoms with van der Waals surface area (Å²) in [5, 5.41) is 0. The van der Waals surface area contributed by atoms with Crippen LogP contribution < -0.4 is 0 Å². The fourth-order valence-corrected chi connectivity index (χ4v) is 1.84. The van der Waals surface area contributed by atoms with Gasteiger partial charge in [0.25, 0.3) is 0 Å². The number of nitrogens with zero attached hydrogens (tertiary/aromatic N) is 2. The summed E-state index contributed by atoms with van der Waals surface area (Å²) in [6, 6.07) is 9.71. The molecule has 2 nitrogen and oxygen atoms in total. The normalized spacial score (nSPS) is 17.2. The first-order valence-corrected chi connectivity index (χ1v) is 4.99. The lowest BCUT2D eigenvalue weighted by atomic mass is 10.0. The molecular formula is C10H8N2S2. The first-order chi connectivity index (χ1) is 6.76. The summed E-state index contributed by atoms with van der Waals surface area (Å²) in [6.45, 7) is 0. The Bertz CT molecular complexity index is 397. The monoisotopic (exact) mass is 220 g/mol. The molecule has 2 rings (SSSR count). The van der Waals surface area contributed by atoms with E-state index in [0.717, 1.165) is 5.56 Å². The van der Waals surface area contributed by atoms with Crippen molar-refractivity contribution in [2.45, 2.75) is 5.66 Å². The van der Waals surface area contributed by atoms with Crippen LogP contribution in [0.2, 0.25) is 0 Å². The SMILES string of the molecule is S=C(S)C1(c2ccccc2)N=CC=N1. The molecule has 4 heteroatoms. The third-order valence-electron chi connectivity index (χ3n) is 2.06. The Morgan fingerprint density at radius 3 is 2.21 bits per heavy atom. The van der Waals surface area contributed by atoms with Crippen LogP contribution in [0.3, 0.4) is 0 Å². The molecule has 1 aromatic carbocycles. The van der Waals surface area contributed by atoms with Crippen molar-refractivity contribution < 1.29 is 0 Å². The van der Waals surface area contributed by atoms with E-state index in [9.17, 15) is 0 Å². The maximum atomic E-state index is 5.09. The summed E-state index contributed by atoms with van der Waals surface area (Å²) >= 11 is 9.28. The molecule has 0 amide bonds. The summed E-state index contributed by atoms with van der Waals surface area (Å²) in [4.78, 5) is 8.54. The van der Waals surface area contributed by atoms with Gasteiger partial charge in [0.1, 0.15) is 0 Å². The highest BCUT2D eigenvalue weighted by atomic mass is 32.1. The lowest BCUT2D eigenvalue weighted by Crippen LogP contribution is -2.25. The number of aliphatic imine (C=N–C) groups is 2. The van der Waals surface area contributed by atoms with E-state index in [1.54, 1.807) is 12.4 Å². The summed E-state index contributed by atoms with van der Waals surface area (Å²) in [7, 11) is 0. The lowest BCUT2D eigenvalue weighted by molar-refractivity contribution is 0.682. The third kappa shape index (κ3) is 1.40. The van der Waals surface area contributed by atoms with Crippen LogP contribution in [-0.4, -0.2) is 16.6 Å². The topological polar surface area (TPSA) is 24.7 Å². The first-order valence-electron chi connectivity index (χ1n) is 4.14. The highest BCUT2D eigenvalue weighted by Crippen LogP contribution is 2.32. The summed E-state index contributed by atoms with van der Waals surface area (Å²) in [5.74, 6) is 0. The predicted octanol–water partition coefficient (Wildman–Crippen LogP) is 2.25. The minimum absolute atomic E-state index is 0.466. The Labute approximate surface area is 93.2 Å². The number of thiol groups is 1. The zero-order valence-corrected chi connectivity index (χ0v) is 9.00. The van der Waals surface area contributed by atoms with Crippen molar-refractivity contribution >= 4 is 41.5 Å². The zero-order valence-electron chi connectivity index (χ0n) is 7.29. The van der Waals surface area contributed by atoms with Gasteiger partial charge in [0, 0.05) is 18.0 Å². The quantitative estimate of drug-likeness (QED) is 0.600. The zero-order chi connectivity index (χ0) is 10.0. The smallest absolute Gasteiger partial charge is 0.216 e. The van der Waals surface area contributed by atoms with E-state index in [-0.39, 0.29) is 0 Å². The average Bonchev–Trinajstić information content (AvgIpc) is 2.69. The molecule has 0 N–H and O–H groups in total. The van der Waals surface area contributed by atoms with Crippen LogP contribution >= 0.6 is 24.8 Å². The molecule has 0 saturated heterocycles. The fourth-order valence-electron chi connectivity index (χ4n) is 1.37. The van der Waals surface area contributed by atoms with Crippen LogP contribution in [0.4, 0.5) is 0 Å². The van der Waals surface area contributed by atoms with Crippen molar-refractivity contribution in [3.63, 3.8) is 0 Å². The van der Waals surface area contributed by atoms with Crippen LogP contribution in [0.15, 0.2) is 40.3 Å².